The van der Waals surface area contributed by atoms with E-state index in [4.69, 9.17) is 0 Å². The van der Waals surface area contributed by atoms with E-state index in [0.717, 1.165) is 11.1 Å². The SMILES string of the molecule is Cc1ccc(S(=O)(=O)N2CCN(CC(=O)NCCc3ccc(F)cc3)CC2)cc1. The van der Waals surface area contributed by atoms with Crippen LogP contribution in [0, 0.1) is 12.7 Å². The lowest BCUT2D eigenvalue weighted by Gasteiger charge is -2.33. The molecule has 29 heavy (non-hydrogen) atoms. The van der Waals surface area contributed by atoms with Crippen molar-refractivity contribution < 1.29 is 17.6 Å². The molecule has 0 unspecified atom stereocenters. The molecule has 0 radical (unpaired) electrons. The topological polar surface area (TPSA) is 69.7 Å². The molecule has 1 heterocycles. The van der Waals surface area contributed by atoms with E-state index in [-0.39, 0.29) is 18.3 Å². The van der Waals surface area contributed by atoms with Crippen molar-refractivity contribution in [1.82, 2.24) is 14.5 Å². The van der Waals surface area contributed by atoms with Gasteiger partial charge in [-0.2, -0.15) is 4.31 Å². The van der Waals surface area contributed by atoms with Gasteiger partial charge in [0.05, 0.1) is 11.4 Å². The monoisotopic (exact) mass is 419 g/mol. The van der Waals surface area contributed by atoms with Crippen LogP contribution < -0.4 is 5.32 Å². The Balaban J connectivity index is 1.42. The first kappa shape index (κ1) is 21.4. The lowest BCUT2D eigenvalue weighted by molar-refractivity contribution is -0.122. The molecule has 1 aliphatic heterocycles. The molecule has 2 aromatic rings. The van der Waals surface area contributed by atoms with Crippen molar-refractivity contribution in [3.05, 3.63) is 65.5 Å². The maximum absolute atomic E-state index is 12.9. The second-order valence-corrected chi connectivity index (χ2v) is 9.16. The lowest BCUT2D eigenvalue weighted by Crippen LogP contribution is -2.51. The summed E-state index contributed by atoms with van der Waals surface area (Å²) in [5, 5.41) is 2.86. The van der Waals surface area contributed by atoms with Gasteiger partial charge in [0.1, 0.15) is 5.82 Å². The summed E-state index contributed by atoms with van der Waals surface area (Å²) in [6.45, 7) is 4.37. The summed E-state index contributed by atoms with van der Waals surface area (Å²) < 4.78 is 39.8. The van der Waals surface area contributed by atoms with Crippen LogP contribution in [0.1, 0.15) is 11.1 Å². The predicted octanol–water partition coefficient (Wildman–Crippen LogP) is 1.80. The van der Waals surface area contributed by atoms with Gasteiger partial charge in [-0.05, 0) is 43.2 Å². The molecule has 0 aromatic heterocycles. The molecule has 8 heteroatoms. The molecule has 6 nitrogen and oxygen atoms in total. The summed E-state index contributed by atoms with van der Waals surface area (Å²) in [4.78, 5) is 14.4. The zero-order valence-corrected chi connectivity index (χ0v) is 17.3. The molecule has 1 saturated heterocycles. The second kappa shape index (κ2) is 9.47. The summed E-state index contributed by atoms with van der Waals surface area (Å²) in [6, 6.07) is 13.1. The molecule has 0 atom stereocenters. The third kappa shape index (κ3) is 5.85. The van der Waals surface area contributed by atoms with Crippen molar-refractivity contribution in [2.24, 2.45) is 0 Å². The number of carbonyl (C=O) groups is 1. The maximum atomic E-state index is 12.9. The Bertz CT molecular complexity index is 923. The molecule has 0 bridgehead atoms. The minimum atomic E-state index is -3.50. The van der Waals surface area contributed by atoms with Crippen molar-refractivity contribution in [2.75, 3.05) is 39.3 Å². The standard InChI is InChI=1S/C21H26FN3O3S/c1-17-2-8-20(9-3-17)29(27,28)25-14-12-24(13-15-25)16-21(26)23-11-10-18-4-6-19(22)7-5-18/h2-9H,10-16H2,1H3,(H,23,26). The average Bonchev–Trinajstić information content (AvgIpc) is 2.70. The van der Waals surface area contributed by atoms with Crippen LogP contribution in [-0.2, 0) is 21.2 Å². The lowest BCUT2D eigenvalue weighted by atomic mass is 10.1. The first-order valence-corrected chi connectivity index (χ1v) is 11.1. The molecule has 3 rings (SSSR count). The number of carbonyl (C=O) groups excluding carboxylic acids is 1. The predicted molar refractivity (Wildman–Crippen MR) is 109 cm³/mol. The third-order valence-corrected chi connectivity index (χ3v) is 6.92. The van der Waals surface area contributed by atoms with Crippen LogP contribution >= 0.6 is 0 Å². The number of rotatable bonds is 7. The van der Waals surface area contributed by atoms with Gasteiger partial charge in [0.2, 0.25) is 15.9 Å². The van der Waals surface area contributed by atoms with Gasteiger partial charge in [-0.1, -0.05) is 29.8 Å². The minimum absolute atomic E-state index is 0.0954. The van der Waals surface area contributed by atoms with Crippen LogP contribution in [0.3, 0.4) is 0 Å². The Morgan fingerprint density at radius 3 is 2.24 bits per heavy atom. The first-order chi connectivity index (χ1) is 13.8. The molecule has 0 spiro atoms. The molecular weight excluding hydrogens is 393 g/mol. The molecule has 1 fully saturated rings. The number of amides is 1. The quantitative estimate of drug-likeness (QED) is 0.743. The van der Waals surface area contributed by atoms with Crippen molar-refractivity contribution in [3.63, 3.8) is 0 Å². The van der Waals surface area contributed by atoms with E-state index in [1.54, 1.807) is 36.4 Å². The average molecular weight is 420 g/mol. The number of halogens is 1. The Morgan fingerprint density at radius 2 is 1.62 bits per heavy atom. The minimum Gasteiger partial charge on any atom is -0.355 e. The van der Waals surface area contributed by atoms with Crippen LogP contribution in [0.4, 0.5) is 4.39 Å². The highest BCUT2D eigenvalue weighted by Crippen LogP contribution is 2.18. The number of benzene rings is 2. The summed E-state index contributed by atoms with van der Waals surface area (Å²) >= 11 is 0. The second-order valence-electron chi connectivity index (χ2n) is 7.22. The van der Waals surface area contributed by atoms with Gasteiger partial charge in [0.25, 0.3) is 0 Å². The van der Waals surface area contributed by atoms with Crippen LogP contribution in [0.15, 0.2) is 53.4 Å². The van der Waals surface area contributed by atoms with Crippen LogP contribution in [0.2, 0.25) is 0 Å². The van der Waals surface area contributed by atoms with E-state index in [1.807, 2.05) is 11.8 Å². The smallest absolute Gasteiger partial charge is 0.243 e. The molecule has 1 amide bonds. The van der Waals surface area contributed by atoms with Gasteiger partial charge in [-0.3, -0.25) is 9.69 Å². The van der Waals surface area contributed by atoms with Gasteiger partial charge >= 0.3 is 0 Å². The molecule has 2 aromatic carbocycles. The highest BCUT2D eigenvalue weighted by Gasteiger charge is 2.28. The normalized spacial score (nSPS) is 15.9. The van der Waals surface area contributed by atoms with E-state index in [1.165, 1.54) is 16.4 Å². The Hall–Kier alpha value is -2.29. The van der Waals surface area contributed by atoms with E-state index in [2.05, 4.69) is 5.32 Å². The summed E-state index contributed by atoms with van der Waals surface area (Å²) in [7, 11) is -3.50. The number of sulfonamides is 1. The van der Waals surface area contributed by atoms with Crippen molar-refractivity contribution >= 4 is 15.9 Å². The number of hydrogen-bond donors (Lipinski definition) is 1. The fourth-order valence-electron chi connectivity index (χ4n) is 3.24. The Kier molecular flexibility index (Phi) is 7.00. The van der Waals surface area contributed by atoms with E-state index in [0.29, 0.717) is 44.0 Å². The highest BCUT2D eigenvalue weighted by atomic mass is 32.2. The number of aryl methyl sites for hydroxylation is 1. The molecule has 156 valence electrons. The Morgan fingerprint density at radius 1 is 1.00 bits per heavy atom. The molecule has 0 saturated carbocycles. The number of hydrogen-bond acceptors (Lipinski definition) is 4. The van der Waals surface area contributed by atoms with E-state index in [9.17, 15) is 17.6 Å². The maximum Gasteiger partial charge on any atom is 0.243 e. The van der Waals surface area contributed by atoms with Crippen LogP contribution in [-0.4, -0.2) is 62.8 Å². The number of nitrogens with zero attached hydrogens (tertiary/aromatic N) is 2. The highest BCUT2D eigenvalue weighted by molar-refractivity contribution is 7.89. The Labute approximate surface area is 171 Å². The molecular formula is C21H26FN3O3S. The summed E-state index contributed by atoms with van der Waals surface area (Å²) in [5.41, 5.74) is 1.97. The van der Waals surface area contributed by atoms with Gasteiger partial charge < -0.3 is 5.32 Å². The van der Waals surface area contributed by atoms with Gasteiger partial charge in [-0.15, -0.1) is 0 Å². The number of piperazine rings is 1. The molecule has 1 aliphatic rings. The first-order valence-electron chi connectivity index (χ1n) is 9.65. The molecule has 0 aliphatic carbocycles. The number of nitrogens with one attached hydrogen (secondary N) is 1. The zero-order chi connectivity index (χ0) is 20.9. The van der Waals surface area contributed by atoms with Crippen molar-refractivity contribution in [3.8, 4) is 0 Å². The van der Waals surface area contributed by atoms with Gasteiger partial charge in [0, 0.05) is 32.7 Å². The van der Waals surface area contributed by atoms with Gasteiger partial charge in [0.15, 0.2) is 0 Å². The van der Waals surface area contributed by atoms with Crippen molar-refractivity contribution in [2.45, 2.75) is 18.2 Å². The van der Waals surface area contributed by atoms with Crippen LogP contribution in [0.25, 0.3) is 0 Å². The van der Waals surface area contributed by atoms with Crippen LogP contribution in [0.5, 0.6) is 0 Å². The zero-order valence-electron chi connectivity index (χ0n) is 16.5. The molecule has 1 N–H and O–H groups in total. The fourth-order valence-corrected chi connectivity index (χ4v) is 4.67. The third-order valence-electron chi connectivity index (χ3n) is 5.01. The van der Waals surface area contributed by atoms with Gasteiger partial charge in [-0.25, -0.2) is 12.8 Å². The summed E-state index contributed by atoms with van der Waals surface area (Å²) in [6.07, 6.45) is 0.634. The van der Waals surface area contributed by atoms with E-state index >= 15 is 0 Å². The van der Waals surface area contributed by atoms with Crippen molar-refractivity contribution in [1.29, 1.82) is 0 Å². The fraction of sp³-hybridized carbons (Fsp3) is 0.381. The largest absolute Gasteiger partial charge is 0.355 e. The summed E-state index contributed by atoms with van der Waals surface area (Å²) in [5.74, 6) is -0.372. The van der Waals surface area contributed by atoms with E-state index < -0.39 is 10.0 Å².